The summed E-state index contributed by atoms with van der Waals surface area (Å²) in [5.74, 6) is 1.52. The Morgan fingerprint density at radius 2 is 2.25 bits per heavy atom. The van der Waals surface area contributed by atoms with Crippen molar-refractivity contribution >= 4 is 17.2 Å². The number of allylic oxidation sites excluding steroid dienone is 1. The minimum absolute atomic E-state index is 0.293. The van der Waals surface area contributed by atoms with Gasteiger partial charge < -0.3 is 5.32 Å². The highest BCUT2D eigenvalue weighted by Crippen LogP contribution is 2.20. The Kier molecular flexibility index (Phi) is 4.74. The molecule has 0 radical (unpaired) electrons. The molecule has 86 valence electrons. The normalized spacial score (nSPS) is 9.69. The summed E-state index contributed by atoms with van der Waals surface area (Å²) in [4.78, 5) is 10.5. The fraction of sp³-hybridized carbons (Fsp3) is 0.385. The molecule has 0 unspecified atom stereocenters. The maximum absolute atomic E-state index is 13.4. The molecule has 1 aromatic carbocycles. The zero-order chi connectivity index (χ0) is 12.0. The van der Waals surface area contributed by atoms with Crippen LogP contribution in [0.25, 0.3) is 5.57 Å². The number of hydrogen-bond donors (Lipinski definition) is 1. The second kappa shape index (κ2) is 6.09. The van der Waals surface area contributed by atoms with Crippen LogP contribution in [0.4, 0.5) is 10.1 Å². The molecule has 1 rings (SSSR count). The van der Waals surface area contributed by atoms with Crippen molar-refractivity contribution in [2.75, 3.05) is 11.9 Å². The topological polar surface area (TPSA) is 29.1 Å². The Morgan fingerprint density at radius 3 is 2.88 bits per heavy atom. The number of rotatable bonds is 5. The molecule has 0 spiro atoms. The predicted octanol–water partition coefficient (Wildman–Crippen LogP) is 3.27. The average molecular weight is 221 g/mol. The summed E-state index contributed by atoms with van der Waals surface area (Å²) in [7, 11) is 0. The van der Waals surface area contributed by atoms with Crippen LogP contribution >= 0.6 is 0 Å². The van der Waals surface area contributed by atoms with E-state index in [9.17, 15) is 9.18 Å². The van der Waals surface area contributed by atoms with Crippen LogP contribution < -0.4 is 5.32 Å². The zero-order valence-electron chi connectivity index (χ0n) is 9.64. The fourth-order valence-electron chi connectivity index (χ4n) is 1.35. The first kappa shape index (κ1) is 12.5. The highest BCUT2D eigenvalue weighted by molar-refractivity contribution is 5.86. The lowest BCUT2D eigenvalue weighted by molar-refractivity contribution is 0.569. The number of anilines is 1. The van der Waals surface area contributed by atoms with E-state index < -0.39 is 0 Å². The molecule has 0 atom stereocenters. The third-order valence-corrected chi connectivity index (χ3v) is 2.40. The highest BCUT2D eigenvalue weighted by atomic mass is 19.1. The molecular weight excluding hydrogens is 205 g/mol. The van der Waals surface area contributed by atoms with Gasteiger partial charge in [-0.2, -0.15) is 0 Å². The Balaban J connectivity index is 2.86. The van der Waals surface area contributed by atoms with Crippen LogP contribution in [0.1, 0.15) is 32.3 Å². The summed E-state index contributed by atoms with van der Waals surface area (Å²) in [5.41, 5.74) is 1.63. The molecule has 2 nitrogen and oxygen atoms in total. The van der Waals surface area contributed by atoms with Gasteiger partial charge in [-0.05, 0) is 31.0 Å². The van der Waals surface area contributed by atoms with E-state index in [0.717, 1.165) is 19.4 Å². The zero-order valence-corrected chi connectivity index (χ0v) is 9.64. The van der Waals surface area contributed by atoms with Gasteiger partial charge in [0.25, 0.3) is 0 Å². The van der Waals surface area contributed by atoms with Gasteiger partial charge in [0, 0.05) is 12.1 Å². The van der Waals surface area contributed by atoms with Crippen molar-refractivity contribution < 1.29 is 9.18 Å². The van der Waals surface area contributed by atoms with Crippen molar-refractivity contribution in [2.24, 2.45) is 0 Å². The van der Waals surface area contributed by atoms with Gasteiger partial charge in [-0.25, -0.2) is 9.18 Å². The van der Waals surface area contributed by atoms with Gasteiger partial charge in [0.15, 0.2) is 0 Å². The maximum atomic E-state index is 13.4. The van der Waals surface area contributed by atoms with Crippen molar-refractivity contribution in [1.29, 1.82) is 0 Å². The van der Waals surface area contributed by atoms with Crippen LogP contribution in [0.3, 0.4) is 0 Å². The molecule has 1 aromatic rings. The number of halogens is 1. The van der Waals surface area contributed by atoms with E-state index in [1.165, 1.54) is 6.07 Å². The third kappa shape index (κ3) is 3.21. The molecule has 0 saturated heterocycles. The van der Waals surface area contributed by atoms with Crippen LogP contribution in [-0.2, 0) is 4.79 Å². The van der Waals surface area contributed by atoms with Gasteiger partial charge in [0.1, 0.15) is 11.8 Å². The van der Waals surface area contributed by atoms with Gasteiger partial charge in [-0.1, -0.05) is 19.4 Å². The lowest BCUT2D eigenvalue weighted by atomic mass is 10.1. The summed E-state index contributed by atoms with van der Waals surface area (Å²) < 4.78 is 13.4. The molecule has 0 aliphatic carbocycles. The molecule has 16 heavy (non-hydrogen) atoms. The van der Waals surface area contributed by atoms with Crippen LogP contribution in [0, 0.1) is 5.82 Å². The van der Waals surface area contributed by atoms with Crippen LogP contribution in [0.15, 0.2) is 18.2 Å². The SMILES string of the molecule is CCCCNc1cc(C(C)=C=O)ccc1F. The lowest BCUT2D eigenvalue weighted by Gasteiger charge is -2.08. The van der Waals surface area contributed by atoms with E-state index in [2.05, 4.69) is 12.2 Å². The number of carbonyl (C=O) groups excluding carboxylic acids is 1. The molecular formula is C13H16FNO. The largest absolute Gasteiger partial charge is 0.383 e. The summed E-state index contributed by atoms with van der Waals surface area (Å²) in [6.07, 6.45) is 2.05. The summed E-state index contributed by atoms with van der Waals surface area (Å²) in [6, 6.07) is 4.59. The quantitative estimate of drug-likeness (QED) is 0.610. The fourth-order valence-corrected chi connectivity index (χ4v) is 1.35. The Labute approximate surface area is 95.2 Å². The Bertz CT molecular complexity index is 408. The Hall–Kier alpha value is -1.60. The highest BCUT2D eigenvalue weighted by Gasteiger charge is 2.04. The van der Waals surface area contributed by atoms with Crippen molar-refractivity contribution in [2.45, 2.75) is 26.7 Å². The van der Waals surface area contributed by atoms with Crippen LogP contribution in [0.2, 0.25) is 0 Å². The minimum atomic E-state index is -0.293. The van der Waals surface area contributed by atoms with E-state index in [-0.39, 0.29) is 5.82 Å². The molecule has 0 heterocycles. The molecule has 0 amide bonds. The second-order valence-corrected chi connectivity index (χ2v) is 3.70. The van der Waals surface area contributed by atoms with Crippen molar-refractivity contribution in [3.63, 3.8) is 0 Å². The first-order valence-corrected chi connectivity index (χ1v) is 5.44. The van der Waals surface area contributed by atoms with Crippen molar-refractivity contribution in [1.82, 2.24) is 0 Å². The molecule has 0 aliphatic rings. The number of nitrogens with one attached hydrogen (secondary N) is 1. The first-order chi connectivity index (χ1) is 7.69. The summed E-state index contributed by atoms with van der Waals surface area (Å²) in [6.45, 7) is 4.48. The molecule has 0 saturated carbocycles. The first-order valence-electron chi connectivity index (χ1n) is 5.44. The third-order valence-electron chi connectivity index (χ3n) is 2.40. The van der Waals surface area contributed by atoms with Gasteiger partial charge in [-0.3, -0.25) is 0 Å². The van der Waals surface area contributed by atoms with Gasteiger partial charge in [0.2, 0.25) is 0 Å². The molecule has 0 fully saturated rings. The lowest BCUT2D eigenvalue weighted by Crippen LogP contribution is -2.03. The number of hydrogen-bond acceptors (Lipinski definition) is 2. The standard InChI is InChI=1S/C13H16FNO/c1-3-4-7-15-13-8-11(10(2)9-16)5-6-12(13)14/h5-6,8,15H,3-4,7H2,1-2H3. The average Bonchev–Trinajstić information content (AvgIpc) is 2.31. The van der Waals surface area contributed by atoms with Crippen molar-refractivity contribution in [3.05, 3.63) is 29.6 Å². The molecule has 0 bridgehead atoms. The minimum Gasteiger partial charge on any atom is -0.383 e. The number of benzene rings is 1. The van der Waals surface area contributed by atoms with E-state index >= 15 is 0 Å². The van der Waals surface area contributed by atoms with E-state index in [1.54, 1.807) is 19.1 Å². The molecule has 1 N–H and O–H groups in total. The van der Waals surface area contributed by atoms with Gasteiger partial charge in [0.05, 0.1) is 5.69 Å². The monoisotopic (exact) mass is 221 g/mol. The van der Waals surface area contributed by atoms with Crippen molar-refractivity contribution in [3.8, 4) is 0 Å². The molecule has 3 heteroatoms. The predicted molar refractivity (Wildman–Crippen MR) is 64.6 cm³/mol. The maximum Gasteiger partial charge on any atom is 0.146 e. The van der Waals surface area contributed by atoms with Crippen LogP contribution in [0.5, 0.6) is 0 Å². The van der Waals surface area contributed by atoms with Crippen LogP contribution in [-0.4, -0.2) is 12.5 Å². The van der Waals surface area contributed by atoms with Gasteiger partial charge in [-0.15, -0.1) is 0 Å². The van der Waals surface area contributed by atoms with E-state index in [0.29, 0.717) is 16.8 Å². The summed E-state index contributed by atoms with van der Waals surface area (Å²) in [5, 5.41) is 3.02. The smallest absolute Gasteiger partial charge is 0.146 e. The summed E-state index contributed by atoms with van der Waals surface area (Å²) >= 11 is 0. The molecule has 0 aromatic heterocycles. The number of unbranched alkanes of at least 4 members (excludes halogenated alkanes) is 1. The second-order valence-electron chi connectivity index (χ2n) is 3.70. The molecule has 0 aliphatic heterocycles. The van der Waals surface area contributed by atoms with E-state index in [1.807, 2.05) is 5.94 Å². The Morgan fingerprint density at radius 1 is 1.50 bits per heavy atom. The van der Waals surface area contributed by atoms with Gasteiger partial charge >= 0.3 is 0 Å². The van der Waals surface area contributed by atoms with E-state index in [4.69, 9.17) is 0 Å².